The van der Waals surface area contributed by atoms with Gasteiger partial charge in [0.1, 0.15) is 0 Å². The third kappa shape index (κ3) is 1.82. The Balaban J connectivity index is 2.22. The molecule has 4 heteroatoms. The number of aromatic nitrogens is 1. The number of rotatable bonds is 1. The Morgan fingerprint density at radius 2 is 1.82 bits per heavy atom. The number of fused-ring (bicyclic) bond motifs is 1. The van der Waals surface area contributed by atoms with Gasteiger partial charge in [0.2, 0.25) is 0 Å². The second-order valence-electron chi connectivity index (χ2n) is 3.69. The van der Waals surface area contributed by atoms with Crippen LogP contribution >= 0.6 is 0 Å². The van der Waals surface area contributed by atoms with Gasteiger partial charge < -0.3 is 0 Å². The van der Waals surface area contributed by atoms with E-state index < -0.39 is 0 Å². The van der Waals surface area contributed by atoms with Crippen molar-refractivity contribution in [2.75, 3.05) is 0 Å². The summed E-state index contributed by atoms with van der Waals surface area (Å²) in [5, 5.41) is 19.2. The third-order valence-electron chi connectivity index (χ3n) is 2.51. The van der Waals surface area contributed by atoms with Crippen molar-refractivity contribution in [3.05, 3.63) is 42.5 Å². The van der Waals surface area contributed by atoms with E-state index in [1.165, 1.54) is 0 Å². The Morgan fingerprint density at radius 1 is 1.00 bits per heavy atom. The number of benzene rings is 2. The molecule has 2 N–H and O–H groups in total. The molecule has 17 heavy (non-hydrogen) atoms. The monoisotopic (exact) mass is 291 g/mol. The standard InChI is InChI=1S/C13H9NO2Se/c15-8-5-6-10-12(7-8)17-13(14-10)9-3-1-2-4-11(9)16/h1-7,15-16H. The fourth-order valence-electron chi connectivity index (χ4n) is 1.68. The quantitative estimate of drug-likeness (QED) is 0.677. The van der Waals surface area contributed by atoms with Gasteiger partial charge in [0.25, 0.3) is 0 Å². The minimum atomic E-state index is 0.0346. The number of para-hydroxylation sites is 1. The third-order valence-corrected chi connectivity index (χ3v) is 4.71. The first kappa shape index (κ1) is 10.4. The summed E-state index contributed by atoms with van der Waals surface area (Å²) in [6.45, 7) is 0. The van der Waals surface area contributed by atoms with E-state index in [1.54, 1.807) is 30.3 Å². The van der Waals surface area contributed by atoms with Gasteiger partial charge in [-0.1, -0.05) is 0 Å². The van der Waals surface area contributed by atoms with Gasteiger partial charge >= 0.3 is 104 Å². The Labute approximate surface area is 104 Å². The molecule has 0 fully saturated rings. The summed E-state index contributed by atoms with van der Waals surface area (Å²) < 4.78 is 1.95. The normalized spacial score (nSPS) is 10.8. The van der Waals surface area contributed by atoms with Gasteiger partial charge in [0.15, 0.2) is 0 Å². The second-order valence-corrected chi connectivity index (χ2v) is 5.85. The molecule has 0 saturated heterocycles. The summed E-state index contributed by atoms with van der Waals surface area (Å²) in [7, 11) is 0. The molecular formula is C13H9NO2Se. The van der Waals surface area contributed by atoms with Crippen LogP contribution in [0.15, 0.2) is 42.5 Å². The first-order valence-corrected chi connectivity index (χ1v) is 6.83. The van der Waals surface area contributed by atoms with Gasteiger partial charge in [-0.2, -0.15) is 0 Å². The van der Waals surface area contributed by atoms with Crippen molar-refractivity contribution in [3.8, 4) is 21.6 Å². The van der Waals surface area contributed by atoms with Crippen molar-refractivity contribution < 1.29 is 10.2 Å². The summed E-state index contributed by atoms with van der Waals surface area (Å²) in [6, 6.07) is 12.4. The second kappa shape index (κ2) is 3.91. The average molecular weight is 290 g/mol. The van der Waals surface area contributed by atoms with E-state index in [-0.39, 0.29) is 26.0 Å². The van der Waals surface area contributed by atoms with Crippen LogP contribution in [0.25, 0.3) is 19.9 Å². The summed E-state index contributed by atoms with van der Waals surface area (Å²) in [5.41, 5.74) is 1.67. The molecule has 2 aromatic carbocycles. The van der Waals surface area contributed by atoms with Crippen LogP contribution < -0.4 is 0 Å². The van der Waals surface area contributed by atoms with Crippen LogP contribution in [-0.2, 0) is 0 Å². The molecule has 0 aliphatic heterocycles. The van der Waals surface area contributed by atoms with Crippen LogP contribution in [0, 0.1) is 0 Å². The number of nitrogens with zero attached hydrogens (tertiary/aromatic N) is 1. The molecule has 3 rings (SSSR count). The maximum atomic E-state index is 9.78. The van der Waals surface area contributed by atoms with Crippen LogP contribution in [0.5, 0.6) is 11.5 Å². The summed E-state index contributed by atoms with van der Waals surface area (Å²) in [5.74, 6) is 0.518. The zero-order chi connectivity index (χ0) is 11.8. The van der Waals surface area contributed by atoms with E-state index in [1.807, 2.05) is 12.1 Å². The molecule has 0 unspecified atom stereocenters. The molecule has 0 spiro atoms. The van der Waals surface area contributed by atoms with Gasteiger partial charge in [-0.3, -0.25) is 0 Å². The number of phenolic OH excluding ortho intramolecular Hbond substituents is 2. The van der Waals surface area contributed by atoms with Crippen molar-refractivity contribution >= 4 is 24.3 Å². The Morgan fingerprint density at radius 3 is 2.65 bits per heavy atom. The SMILES string of the molecule is Oc1ccc2nc(-c3ccccc3O)[se]c2c1. The first-order valence-electron chi connectivity index (χ1n) is 5.12. The van der Waals surface area contributed by atoms with E-state index in [0.717, 1.165) is 19.9 Å². The van der Waals surface area contributed by atoms with Crippen LogP contribution in [-0.4, -0.2) is 29.7 Å². The van der Waals surface area contributed by atoms with Crippen molar-refractivity contribution in [1.29, 1.82) is 0 Å². The number of aromatic hydroxyl groups is 2. The van der Waals surface area contributed by atoms with Gasteiger partial charge in [-0.15, -0.1) is 0 Å². The van der Waals surface area contributed by atoms with Gasteiger partial charge in [0, 0.05) is 0 Å². The van der Waals surface area contributed by atoms with Crippen molar-refractivity contribution in [1.82, 2.24) is 4.98 Å². The van der Waals surface area contributed by atoms with E-state index in [2.05, 4.69) is 4.98 Å². The summed E-state index contributed by atoms with van der Waals surface area (Å²) in [4.78, 5) is 4.50. The van der Waals surface area contributed by atoms with E-state index >= 15 is 0 Å². The predicted octanol–water partition coefficient (Wildman–Crippen LogP) is 2.37. The molecule has 84 valence electrons. The van der Waals surface area contributed by atoms with E-state index in [0.29, 0.717) is 0 Å². The fraction of sp³-hybridized carbons (Fsp3) is 0. The topological polar surface area (TPSA) is 53.4 Å². The summed E-state index contributed by atoms with van der Waals surface area (Å²) >= 11 is 0.0346. The Hall–Kier alpha value is -1.77. The molecule has 3 aromatic rings. The Bertz CT molecular complexity index is 691. The van der Waals surface area contributed by atoms with Gasteiger partial charge in [-0.25, -0.2) is 0 Å². The zero-order valence-corrected chi connectivity index (χ0v) is 10.5. The maximum absolute atomic E-state index is 9.78. The molecule has 0 atom stereocenters. The number of hydrogen-bond donors (Lipinski definition) is 2. The fourth-order valence-corrected chi connectivity index (χ4v) is 3.85. The average Bonchev–Trinajstić information content (AvgIpc) is 2.72. The molecule has 1 heterocycles. The molecule has 0 bridgehead atoms. The number of hydrogen-bond acceptors (Lipinski definition) is 3. The molecule has 0 saturated carbocycles. The van der Waals surface area contributed by atoms with Gasteiger partial charge in [-0.05, 0) is 0 Å². The predicted molar refractivity (Wildman–Crippen MR) is 67.4 cm³/mol. The molecule has 0 aliphatic rings. The van der Waals surface area contributed by atoms with Crippen LogP contribution in [0.4, 0.5) is 0 Å². The molecule has 3 nitrogen and oxygen atoms in total. The van der Waals surface area contributed by atoms with E-state index in [9.17, 15) is 10.2 Å². The summed E-state index contributed by atoms with van der Waals surface area (Å²) in [6.07, 6.45) is 0. The molecule has 0 radical (unpaired) electrons. The van der Waals surface area contributed by atoms with E-state index in [4.69, 9.17) is 0 Å². The van der Waals surface area contributed by atoms with Crippen molar-refractivity contribution in [3.63, 3.8) is 0 Å². The zero-order valence-electron chi connectivity index (χ0n) is 8.79. The molecule has 0 amide bonds. The molecule has 1 aromatic heterocycles. The Kier molecular flexibility index (Phi) is 2.39. The van der Waals surface area contributed by atoms with Crippen LogP contribution in [0.3, 0.4) is 0 Å². The van der Waals surface area contributed by atoms with Crippen molar-refractivity contribution in [2.45, 2.75) is 0 Å². The van der Waals surface area contributed by atoms with Crippen LogP contribution in [0.2, 0.25) is 0 Å². The first-order chi connectivity index (χ1) is 8.24. The van der Waals surface area contributed by atoms with Crippen LogP contribution in [0.1, 0.15) is 0 Å². The minimum absolute atomic E-state index is 0.0346. The molecular weight excluding hydrogens is 281 g/mol. The van der Waals surface area contributed by atoms with Gasteiger partial charge in [0.05, 0.1) is 0 Å². The number of phenols is 2. The molecule has 0 aliphatic carbocycles. The van der Waals surface area contributed by atoms with Crippen molar-refractivity contribution in [2.24, 2.45) is 0 Å².